The van der Waals surface area contributed by atoms with Gasteiger partial charge in [0.1, 0.15) is 12.4 Å². The van der Waals surface area contributed by atoms with E-state index in [1.807, 2.05) is 6.92 Å². The minimum atomic E-state index is -0.518. The van der Waals surface area contributed by atoms with Crippen LogP contribution in [0.25, 0.3) is 0 Å². The van der Waals surface area contributed by atoms with E-state index in [0.29, 0.717) is 15.8 Å². The highest BCUT2D eigenvalue weighted by atomic mass is 79.9. The van der Waals surface area contributed by atoms with Crippen LogP contribution in [-0.4, -0.2) is 24.2 Å². The SMILES string of the molecule is Cc1cc(Br)c(C(N)=O)cc1OCCO. The lowest BCUT2D eigenvalue weighted by Crippen LogP contribution is -2.12. The summed E-state index contributed by atoms with van der Waals surface area (Å²) in [4.78, 5) is 11.0. The van der Waals surface area contributed by atoms with Crippen LogP contribution in [0, 0.1) is 6.92 Å². The number of nitrogens with two attached hydrogens (primary N) is 1. The second-order valence-corrected chi connectivity index (χ2v) is 3.89. The van der Waals surface area contributed by atoms with Gasteiger partial charge >= 0.3 is 0 Å². The van der Waals surface area contributed by atoms with Crippen LogP contribution < -0.4 is 10.5 Å². The Hall–Kier alpha value is -1.07. The zero-order chi connectivity index (χ0) is 11.4. The summed E-state index contributed by atoms with van der Waals surface area (Å²) in [5.41, 5.74) is 6.43. The molecule has 0 saturated carbocycles. The Morgan fingerprint density at radius 2 is 2.27 bits per heavy atom. The van der Waals surface area contributed by atoms with Crippen molar-refractivity contribution in [2.45, 2.75) is 6.92 Å². The molecule has 15 heavy (non-hydrogen) atoms. The van der Waals surface area contributed by atoms with E-state index in [1.165, 1.54) is 0 Å². The molecule has 3 N–H and O–H groups in total. The van der Waals surface area contributed by atoms with Crippen molar-refractivity contribution in [1.29, 1.82) is 0 Å². The van der Waals surface area contributed by atoms with Crippen LogP contribution in [0.1, 0.15) is 15.9 Å². The molecule has 82 valence electrons. The minimum Gasteiger partial charge on any atom is -0.491 e. The first-order valence-corrected chi connectivity index (χ1v) is 5.19. The van der Waals surface area contributed by atoms with E-state index in [1.54, 1.807) is 12.1 Å². The van der Waals surface area contributed by atoms with Crippen LogP contribution in [0.15, 0.2) is 16.6 Å². The van der Waals surface area contributed by atoms with Crippen molar-refractivity contribution in [3.63, 3.8) is 0 Å². The molecule has 0 saturated heterocycles. The highest BCUT2D eigenvalue weighted by Gasteiger charge is 2.10. The summed E-state index contributed by atoms with van der Waals surface area (Å²) in [6.07, 6.45) is 0. The number of carbonyl (C=O) groups excluding carboxylic acids is 1. The maximum atomic E-state index is 11.0. The third-order valence-electron chi connectivity index (χ3n) is 1.88. The predicted molar refractivity (Wildman–Crippen MR) is 60.0 cm³/mol. The lowest BCUT2D eigenvalue weighted by Gasteiger charge is -2.10. The van der Waals surface area contributed by atoms with Crippen molar-refractivity contribution in [1.82, 2.24) is 0 Å². The summed E-state index contributed by atoms with van der Waals surface area (Å²) in [6, 6.07) is 3.32. The van der Waals surface area contributed by atoms with Gasteiger partial charge in [-0.05, 0) is 40.5 Å². The lowest BCUT2D eigenvalue weighted by atomic mass is 10.1. The molecule has 0 aliphatic rings. The number of primary amides is 1. The fraction of sp³-hybridized carbons (Fsp3) is 0.300. The van der Waals surface area contributed by atoms with Crippen molar-refractivity contribution >= 4 is 21.8 Å². The Kier molecular flexibility index (Phi) is 4.11. The quantitative estimate of drug-likeness (QED) is 0.867. The third kappa shape index (κ3) is 2.94. The van der Waals surface area contributed by atoms with E-state index in [2.05, 4.69) is 15.9 Å². The van der Waals surface area contributed by atoms with E-state index in [9.17, 15) is 4.79 Å². The molecular formula is C10H12BrNO3. The second-order valence-electron chi connectivity index (χ2n) is 3.03. The smallest absolute Gasteiger partial charge is 0.249 e. The van der Waals surface area contributed by atoms with Gasteiger partial charge in [0.05, 0.1) is 12.2 Å². The monoisotopic (exact) mass is 273 g/mol. The van der Waals surface area contributed by atoms with Gasteiger partial charge in [0.2, 0.25) is 5.91 Å². The molecule has 0 bridgehead atoms. The van der Waals surface area contributed by atoms with Crippen molar-refractivity contribution < 1.29 is 14.6 Å². The zero-order valence-electron chi connectivity index (χ0n) is 8.29. The van der Waals surface area contributed by atoms with Crippen molar-refractivity contribution in [2.24, 2.45) is 5.73 Å². The molecule has 1 rings (SSSR count). The Bertz CT molecular complexity index is 379. The normalized spacial score (nSPS) is 10.1. The Morgan fingerprint density at radius 1 is 1.60 bits per heavy atom. The highest BCUT2D eigenvalue weighted by molar-refractivity contribution is 9.10. The maximum Gasteiger partial charge on any atom is 0.249 e. The topological polar surface area (TPSA) is 72.6 Å². The van der Waals surface area contributed by atoms with Gasteiger partial charge in [0, 0.05) is 4.47 Å². The van der Waals surface area contributed by atoms with Gasteiger partial charge in [0.25, 0.3) is 0 Å². The Balaban J connectivity index is 3.06. The first kappa shape index (κ1) is 12.0. The summed E-state index contributed by atoms with van der Waals surface area (Å²) in [5.74, 6) is 0.0387. The summed E-state index contributed by atoms with van der Waals surface area (Å²) in [7, 11) is 0. The molecule has 0 radical (unpaired) electrons. The number of hydrogen-bond acceptors (Lipinski definition) is 3. The summed E-state index contributed by atoms with van der Waals surface area (Å²) >= 11 is 3.24. The molecular weight excluding hydrogens is 262 g/mol. The first-order chi connectivity index (χ1) is 7.06. The number of aliphatic hydroxyl groups is 1. The average molecular weight is 274 g/mol. The van der Waals surface area contributed by atoms with Gasteiger partial charge < -0.3 is 15.6 Å². The number of aliphatic hydroxyl groups excluding tert-OH is 1. The number of aryl methyl sites for hydroxylation is 1. The summed E-state index contributed by atoms with van der Waals surface area (Å²) in [6.45, 7) is 1.98. The average Bonchev–Trinajstić information content (AvgIpc) is 2.16. The third-order valence-corrected chi connectivity index (χ3v) is 2.54. The molecule has 0 aliphatic carbocycles. The fourth-order valence-electron chi connectivity index (χ4n) is 1.15. The predicted octanol–water partition coefficient (Wildman–Crippen LogP) is 1.23. The van der Waals surface area contributed by atoms with Gasteiger partial charge in [-0.15, -0.1) is 0 Å². The van der Waals surface area contributed by atoms with Crippen molar-refractivity contribution in [2.75, 3.05) is 13.2 Å². The molecule has 1 aromatic rings. The Labute approximate surface area is 96.2 Å². The van der Waals surface area contributed by atoms with Crippen LogP contribution >= 0.6 is 15.9 Å². The molecule has 4 nitrogen and oxygen atoms in total. The number of benzene rings is 1. The lowest BCUT2D eigenvalue weighted by molar-refractivity contribution is 0.0999. The van der Waals surface area contributed by atoms with Gasteiger partial charge in [-0.3, -0.25) is 4.79 Å². The van der Waals surface area contributed by atoms with Crippen LogP contribution in [0.5, 0.6) is 5.75 Å². The largest absolute Gasteiger partial charge is 0.491 e. The van der Waals surface area contributed by atoms with Gasteiger partial charge in [0.15, 0.2) is 0 Å². The van der Waals surface area contributed by atoms with Crippen LogP contribution in [-0.2, 0) is 0 Å². The first-order valence-electron chi connectivity index (χ1n) is 4.40. The number of halogens is 1. The van der Waals surface area contributed by atoms with Crippen molar-refractivity contribution in [3.8, 4) is 5.75 Å². The molecule has 0 heterocycles. The summed E-state index contributed by atoms with van der Waals surface area (Å²) in [5, 5.41) is 8.63. The van der Waals surface area contributed by atoms with Gasteiger partial charge in [-0.25, -0.2) is 0 Å². The maximum absolute atomic E-state index is 11.0. The van der Waals surface area contributed by atoms with Gasteiger partial charge in [-0.1, -0.05) is 0 Å². The van der Waals surface area contributed by atoms with E-state index < -0.39 is 5.91 Å². The molecule has 0 fully saturated rings. The molecule has 0 aliphatic heterocycles. The van der Waals surface area contributed by atoms with Gasteiger partial charge in [-0.2, -0.15) is 0 Å². The fourth-order valence-corrected chi connectivity index (χ4v) is 1.81. The number of amides is 1. The molecule has 0 aromatic heterocycles. The van der Waals surface area contributed by atoms with Crippen molar-refractivity contribution in [3.05, 3.63) is 27.7 Å². The van der Waals surface area contributed by atoms with Crippen LogP contribution in [0.2, 0.25) is 0 Å². The van der Waals surface area contributed by atoms with E-state index in [4.69, 9.17) is 15.6 Å². The molecule has 5 heteroatoms. The van der Waals surface area contributed by atoms with E-state index in [-0.39, 0.29) is 13.2 Å². The zero-order valence-corrected chi connectivity index (χ0v) is 9.87. The van der Waals surface area contributed by atoms with Crippen LogP contribution in [0.4, 0.5) is 0 Å². The van der Waals surface area contributed by atoms with E-state index in [0.717, 1.165) is 5.56 Å². The standard InChI is InChI=1S/C10H12BrNO3/c1-6-4-8(11)7(10(12)14)5-9(6)15-3-2-13/h4-5,13H,2-3H2,1H3,(H2,12,14). The summed E-state index contributed by atoms with van der Waals surface area (Å²) < 4.78 is 5.90. The number of ether oxygens (including phenoxy) is 1. The molecule has 0 unspecified atom stereocenters. The number of hydrogen-bond donors (Lipinski definition) is 2. The Morgan fingerprint density at radius 3 is 2.80 bits per heavy atom. The second kappa shape index (κ2) is 5.14. The van der Waals surface area contributed by atoms with Crippen LogP contribution in [0.3, 0.4) is 0 Å². The minimum absolute atomic E-state index is 0.0680. The number of carbonyl (C=O) groups is 1. The molecule has 1 amide bonds. The molecule has 0 spiro atoms. The molecule has 1 aromatic carbocycles. The van der Waals surface area contributed by atoms with E-state index >= 15 is 0 Å². The number of rotatable bonds is 4. The highest BCUT2D eigenvalue weighted by Crippen LogP contribution is 2.26. The molecule has 0 atom stereocenters.